The highest BCUT2D eigenvalue weighted by atomic mass is 35.5. The molecule has 0 aliphatic rings. The van der Waals surface area contributed by atoms with Crippen LogP contribution in [0.4, 0.5) is 5.69 Å². The zero-order chi connectivity index (χ0) is 12.6. The highest BCUT2D eigenvalue weighted by Gasteiger charge is 2.22. The number of aldehydes is 1. The van der Waals surface area contributed by atoms with Gasteiger partial charge in [-0.3, -0.25) is 14.9 Å². The summed E-state index contributed by atoms with van der Waals surface area (Å²) >= 11 is 5.81. The summed E-state index contributed by atoms with van der Waals surface area (Å²) in [5.41, 5.74) is 0.215. The number of nitrogens with one attached hydrogen (secondary N) is 1. The van der Waals surface area contributed by atoms with Gasteiger partial charge in [0.1, 0.15) is 10.9 Å². The average Bonchev–Trinajstić information content (AvgIpc) is 2.63. The first-order chi connectivity index (χ1) is 8.10. The average molecular weight is 255 g/mol. The van der Waals surface area contributed by atoms with E-state index in [2.05, 4.69) is 4.98 Å². The first-order valence-corrected chi connectivity index (χ1v) is 4.95. The minimum atomic E-state index is -0.570. The predicted octanol–water partition coefficient (Wildman–Crippen LogP) is 2.55. The van der Waals surface area contributed by atoms with Gasteiger partial charge in [-0.2, -0.15) is 0 Å². The van der Waals surface area contributed by atoms with Gasteiger partial charge < -0.3 is 9.72 Å². The quantitative estimate of drug-likeness (QED) is 0.518. The zero-order valence-electron chi connectivity index (χ0n) is 8.69. The van der Waals surface area contributed by atoms with Crippen molar-refractivity contribution >= 4 is 34.5 Å². The Morgan fingerprint density at radius 3 is 2.76 bits per heavy atom. The molecule has 0 aliphatic carbocycles. The second-order valence-electron chi connectivity index (χ2n) is 3.26. The van der Waals surface area contributed by atoms with Gasteiger partial charge in [-0.1, -0.05) is 11.6 Å². The molecule has 0 spiro atoms. The third kappa shape index (κ3) is 1.62. The van der Waals surface area contributed by atoms with Crippen molar-refractivity contribution in [3.8, 4) is 5.75 Å². The van der Waals surface area contributed by atoms with Crippen LogP contribution in [0.25, 0.3) is 10.9 Å². The molecule has 2 aromatic rings. The number of nitro groups is 1. The lowest BCUT2D eigenvalue weighted by atomic mass is 10.1. The van der Waals surface area contributed by atoms with Gasteiger partial charge in [-0.15, -0.1) is 0 Å². The Balaban J connectivity index is 2.96. The Bertz CT molecular complexity index is 620. The van der Waals surface area contributed by atoms with Crippen molar-refractivity contribution in [3.05, 3.63) is 33.0 Å². The summed E-state index contributed by atoms with van der Waals surface area (Å²) in [4.78, 5) is 23.9. The zero-order valence-corrected chi connectivity index (χ0v) is 9.45. The molecule has 2 rings (SSSR count). The number of non-ortho nitro benzene ring substituents is 1. The van der Waals surface area contributed by atoms with Crippen LogP contribution >= 0.6 is 11.6 Å². The Morgan fingerprint density at radius 2 is 2.24 bits per heavy atom. The van der Waals surface area contributed by atoms with Crippen molar-refractivity contribution in [2.45, 2.75) is 0 Å². The fourth-order valence-electron chi connectivity index (χ4n) is 1.69. The predicted molar refractivity (Wildman–Crippen MR) is 61.9 cm³/mol. The molecule has 0 unspecified atom stereocenters. The number of rotatable bonds is 3. The number of methoxy groups -OCH3 is 1. The van der Waals surface area contributed by atoms with Crippen molar-refractivity contribution in [3.63, 3.8) is 0 Å². The van der Waals surface area contributed by atoms with Crippen LogP contribution in [0.15, 0.2) is 12.1 Å². The fraction of sp³-hybridized carbons (Fsp3) is 0.100. The number of aromatic amines is 1. The SMILES string of the molecule is COc1ccc([N+](=O)[O-])c2c(C=O)c(Cl)[nH]c12. The molecule has 0 radical (unpaired) electrons. The number of aromatic nitrogens is 1. The van der Waals surface area contributed by atoms with Crippen molar-refractivity contribution in [1.29, 1.82) is 0 Å². The smallest absolute Gasteiger partial charge is 0.279 e. The van der Waals surface area contributed by atoms with E-state index in [1.165, 1.54) is 19.2 Å². The van der Waals surface area contributed by atoms with Gasteiger partial charge >= 0.3 is 0 Å². The lowest BCUT2D eigenvalue weighted by Crippen LogP contribution is -1.92. The number of H-pyrrole nitrogens is 1. The maximum absolute atomic E-state index is 10.9. The standard InChI is InChI=1S/C10H7ClN2O4/c1-17-7-3-2-6(13(15)16)8-5(4-14)10(11)12-9(7)8/h2-4,12H,1H3. The van der Waals surface area contributed by atoms with Crippen molar-refractivity contribution in [1.82, 2.24) is 4.98 Å². The molecular formula is C10H7ClN2O4. The molecule has 1 aromatic heterocycles. The number of hydrogen-bond donors (Lipinski definition) is 1. The van der Waals surface area contributed by atoms with Crippen LogP contribution < -0.4 is 4.74 Å². The minimum absolute atomic E-state index is 0.0580. The number of nitrogens with zero attached hydrogens (tertiary/aromatic N) is 1. The largest absolute Gasteiger partial charge is 0.495 e. The number of halogens is 1. The van der Waals surface area contributed by atoms with Crippen LogP contribution in [-0.4, -0.2) is 23.3 Å². The first-order valence-electron chi connectivity index (χ1n) is 4.58. The second-order valence-corrected chi connectivity index (χ2v) is 3.64. The summed E-state index contributed by atoms with van der Waals surface area (Å²) in [6.45, 7) is 0. The molecule has 0 saturated carbocycles. The molecule has 1 N–H and O–H groups in total. The Morgan fingerprint density at radius 1 is 1.53 bits per heavy atom. The summed E-state index contributed by atoms with van der Waals surface area (Å²) in [7, 11) is 1.43. The summed E-state index contributed by atoms with van der Waals surface area (Å²) < 4.78 is 5.05. The molecule has 0 aliphatic heterocycles. The number of ether oxygens (including phenoxy) is 1. The first kappa shape index (κ1) is 11.4. The van der Waals surface area contributed by atoms with E-state index in [0.717, 1.165) is 0 Å². The second kappa shape index (κ2) is 4.06. The van der Waals surface area contributed by atoms with Gasteiger partial charge in [0.15, 0.2) is 6.29 Å². The van der Waals surface area contributed by atoms with Crippen molar-refractivity contribution in [2.24, 2.45) is 0 Å². The van der Waals surface area contributed by atoms with E-state index in [9.17, 15) is 14.9 Å². The molecule has 0 amide bonds. The summed E-state index contributed by atoms with van der Waals surface area (Å²) in [5, 5.41) is 11.1. The van der Waals surface area contributed by atoms with Gasteiger partial charge in [-0.05, 0) is 6.07 Å². The van der Waals surface area contributed by atoms with E-state index in [1.807, 2.05) is 0 Å². The van der Waals surface area contributed by atoms with Crippen molar-refractivity contribution < 1.29 is 14.5 Å². The van der Waals surface area contributed by atoms with E-state index in [-0.39, 0.29) is 21.8 Å². The van der Waals surface area contributed by atoms with Crippen LogP contribution in [0.3, 0.4) is 0 Å². The monoisotopic (exact) mass is 254 g/mol. The lowest BCUT2D eigenvalue weighted by Gasteiger charge is -2.01. The number of carbonyl (C=O) groups is 1. The van der Waals surface area contributed by atoms with Gasteiger partial charge in [-0.25, -0.2) is 0 Å². The van der Waals surface area contributed by atoms with E-state index in [1.54, 1.807) is 0 Å². The molecular weight excluding hydrogens is 248 g/mol. The number of benzene rings is 1. The molecule has 1 heterocycles. The molecule has 88 valence electrons. The number of hydrogen-bond acceptors (Lipinski definition) is 4. The Kier molecular flexibility index (Phi) is 2.72. The molecule has 1 aromatic carbocycles. The van der Waals surface area contributed by atoms with Crippen LogP contribution in [-0.2, 0) is 0 Å². The van der Waals surface area contributed by atoms with E-state index >= 15 is 0 Å². The molecule has 0 atom stereocenters. The third-order valence-corrected chi connectivity index (χ3v) is 2.72. The fourth-order valence-corrected chi connectivity index (χ4v) is 1.92. The topological polar surface area (TPSA) is 85.2 Å². The Labute approximate surface area is 100 Å². The van der Waals surface area contributed by atoms with Gasteiger partial charge in [0.25, 0.3) is 5.69 Å². The van der Waals surface area contributed by atoms with Crippen LogP contribution in [0.1, 0.15) is 10.4 Å². The van der Waals surface area contributed by atoms with Crippen molar-refractivity contribution in [2.75, 3.05) is 7.11 Å². The summed E-state index contributed by atoms with van der Waals surface area (Å²) in [6, 6.07) is 2.72. The van der Waals surface area contributed by atoms with Crippen LogP contribution in [0.5, 0.6) is 5.75 Å². The molecule has 0 fully saturated rings. The minimum Gasteiger partial charge on any atom is -0.495 e. The number of fused-ring (bicyclic) bond motifs is 1. The molecule has 0 bridgehead atoms. The highest BCUT2D eigenvalue weighted by molar-refractivity contribution is 6.34. The molecule has 17 heavy (non-hydrogen) atoms. The van der Waals surface area contributed by atoms with Crippen LogP contribution in [0.2, 0.25) is 5.15 Å². The highest BCUT2D eigenvalue weighted by Crippen LogP contribution is 2.37. The third-order valence-electron chi connectivity index (χ3n) is 2.42. The Hall–Kier alpha value is -2.08. The number of nitro benzene ring substituents is 1. The van der Waals surface area contributed by atoms with Gasteiger partial charge in [0.2, 0.25) is 0 Å². The van der Waals surface area contributed by atoms with E-state index in [0.29, 0.717) is 17.6 Å². The molecule has 6 nitrogen and oxygen atoms in total. The van der Waals surface area contributed by atoms with E-state index in [4.69, 9.17) is 16.3 Å². The normalized spacial score (nSPS) is 10.5. The van der Waals surface area contributed by atoms with Gasteiger partial charge in [0, 0.05) is 6.07 Å². The maximum atomic E-state index is 10.9. The maximum Gasteiger partial charge on any atom is 0.279 e. The van der Waals surface area contributed by atoms with E-state index < -0.39 is 4.92 Å². The summed E-state index contributed by atoms with van der Waals surface area (Å²) in [6.07, 6.45) is 0.480. The summed E-state index contributed by atoms with van der Waals surface area (Å²) in [5.74, 6) is 0.389. The number of carbonyl (C=O) groups excluding carboxylic acids is 1. The van der Waals surface area contributed by atoms with Gasteiger partial charge in [0.05, 0.1) is 28.5 Å². The van der Waals surface area contributed by atoms with Crippen LogP contribution in [0, 0.1) is 10.1 Å². The lowest BCUT2D eigenvalue weighted by molar-refractivity contribution is -0.383. The molecule has 7 heteroatoms. The molecule has 0 saturated heterocycles.